The first-order valence-electron chi connectivity index (χ1n) is 3.84. The van der Waals surface area contributed by atoms with Crippen molar-refractivity contribution in [2.24, 2.45) is 0 Å². The van der Waals surface area contributed by atoms with Crippen LogP contribution in [0.2, 0.25) is 0 Å². The minimum Gasteiger partial charge on any atom is -0.748 e. The molecule has 0 fully saturated rings. The van der Waals surface area contributed by atoms with Gasteiger partial charge in [-0.15, -0.1) is 12.6 Å². The molecule has 0 bridgehead atoms. The van der Waals surface area contributed by atoms with Crippen LogP contribution in [-0.4, -0.2) is 49.6 Å². The van der Waals surface area contributed by atoms with E-state index in [0.29, 0.717) is 0 Å². The Morgan fingerprint density at radius 2 is 1.25 bits per heavy atom. The Morgan fingerprint density at radius 1 is 0.950 bits per heavy atom. The molecular formula is C5H9Na3O9S3. The van der Waals surface area contributed by atoms with Crippen molar-refractivity contribution in [3.05, 3.63) is 6.92 Å². The normalized spacial score (nSPS) is 11.3. The molecule has 1 atom stereocenters. The van der Waals surface area contributed by atoms with E-state index in [4.69, 9.17) is 12.6 Å². The molecule has 0 aromatic heterocycles. The number of hydrogen-bond acceptors (Lipinski definition) is 9. The third-order valence-corrected chi connectivity index (χ3v) is 3.44. The van der Waals surface area contributed by atoms with E-state index in [0.717, 1.165) is 0 Å². The van der Waals surface area contributed by atoms with Crippen molar-refractivity contribution in [2.75, 3.05) is 5.75 Å². The summed E-state index contributed by atoms with van der Waals surface area (Å²) in [6, 6.07) is 0. The fourth-order valence-electron chi connectivity index (χ4n) is 0.709. The Labute approximate surface area is 186 Å². The van der Waals surface area contributed by atoms with Gasteiger partial charge in [-0.05, 0) is 6.42 Å². The molecule has 1 unspecified atom stereocenters. The minimum absolute atomic E-state index is 0. The summed E-state index contributed by atoms with van der Waals surface area (Å²) >= 11 is 0. The standard InChI is InChI=1S/C5H11O6S2.3Na.O3S/c1-2-5(13(9,10)11)3-4-12(6,7)8;;;;1-4(2)3/h5H,1-4H2,(H,6,7,8)(H,9,10,11);;;;/q-1;3*+1;/p-2. The molecule has 0 rings (SSSR count). The molecule has 0 amide bonds. The summed E-state index contributed by atoms with van der Waals surface area (Å²) in [7, 11) is -12.1. The summed E-state index contributed by atoms with van der Waals surface area (Å²) in [6.07, 6.45) is -0.720. The van der Waals surface area contributed by atoms with Crippen LogP contribution >= 0.6 is 0 Å². The van der Waals surface area contributed by atoms with Gasteiger partial charge in [0, 0.05) is 11.0 Å². The molecule has 0 saturated heterocycles. The van der Waals surface area contributed by atoms with Crippen LogP contribution < -0.4 is 88.7 Å². The molecule has 0 heterocycles. The molecule has 0 aliphatic rings. The molecule has 0 spiro atoms. The summed E-state index contributed by atoms with van der Waals surface area (Å²) in [6.45, 7) is 3.18. The van der Waals surface area contributed by atoms with E-state index >= 15 is 0 Å². The zero-order valence-corrected chi connectivity index (χ0v) is 19.8. The molecule has 20 heavy (non-hydrogen) atoms. The maximum atomic E-state index is 10.4. The van der Waals surface area contributed by atoms with Crippen molar-refractivity contribution < 1.29 is 127 Å². The Morgan fingerprint density at radius 3 is 1.40 bits per heavy atom. The second kappa shape index (κ2) is 16.3. The quantitative estimate of drug-likeness (QED) is 0.256. The van der Waals surface area contributed by atoms with Gasteiger partial charge in [0.2, 0.25) is 0 Å². The van der Waals surface area contributed by atoms with Gasteiger partial charge in [0.1, 0.15) is 0 Å². The van der Waals surface area contributed by atoms with Crippen molar-refractivity contribution in [1.82, 2.24) is 0 Å². The van der Waals surface area contributed by atoms with Crippen LogP contribution in [0.4, 0.5) is 0 Å². The first-order valence-corrected chi connectivity index (χ1v) is 7.89. The molecule has 0 aliphatic carbocycles. The Balaban J connectivity index is -0.0000000951. The summed E-state index contributed by atoms with van der Waals surface area (Å²) in [5.41, 5.74) is 0. The molecule has 15 heteroatoms. The van der Waals surface area contributed by atoms with Gasteiger partial charge < -0.3 is 16.0 Å². The van der Waals surface area contributed by atoms with Crippen LogP contribution in [-0.2, 0) is 30.8 Å². The average molecular weight is 378 g/mol. The van der Waals surface area contributed by atoms with E-state index < -0.39 is 48.3 Å². The second-order valence-corrected chi connectivity index (χ2v) is 6.24. The summed E-state index contributed by atoms with van der Waals surface area (Å²) in [5.74, 6) is -0.853. The molecule has 9 nitrogen and oxygen atoms in total. The van der Waals surface area contributed by atoms with Gasteiger partial charge in [-0.25, -0.2) is 16.8 Å². The molecule has 0 radical (unpaired) electrons. The zero-order chi connectivity index (χ0) is 14.3. The molecule has 0 saturated carbocycles. The third-order valence-electron chi connectivity index (χ3n) is 1.42. The maximum Gasteiger partial charge on any atom is 1.00 e. The fourth-order valence-corrected chi connectivity index (χ4v) is 2.13. The number of hydrogen-bond donors (Lipinski definition) is 0. The number of rotatable bonds is 5. The maximum absolute atomic E-state index is 10.4. The predicted molar refractivity (Wildman–Crippen MR) is 52.3 cm³/mol. The summed E-state index contributed by atoms with van der Waals surface area (Å²) in [5, 5.41) is -1.39. The van der Waals surface area contributed by atoms with Crippen molar-refractivity contribution in [3.8, 4) is 0 Å². The van der Waals surface area contributed by atoms with Gasteiger partial charge in [0.25, 0.3) is 0 Å². The Bertz CT molecular complexity index is 516. The van der Waals surface area contributed by atoms with Gasteiger partial charge in [-0.3, -0.25) is 0 Å². The first kappa shape index (κ1) is 33.9. The van der Waals surface area contributed by atoms with Crippen molar-refractivity contribution in [3.63, 3.8) is 0 Å². The van der Waals surface area contributed by atoms with E-state index in [1.807, 2.05) is 0 Å². The van der Waals surface area contributed by atoms with E-state index in [1.54, 1.807) is 0 Å². The van der Waals surface area contributed by atoms with Gasteiger partial charge in [0.05, 0.1) is 20.2 Å². The second-order valence-electron chi connectivity index (χ2n) is 2.66. The van der Waals surface area contributed by atoms with Gasteiger partial charge >= 0.3 is 99.3 Å². The smallest absolute Gasteiger partial charge is 0.748 e. The largest absolute Gasteiger partial charge is 1.00 e. The average Bonchev–Trinajstić information content (AvgIpc) is 1.98. The Kier molecular flexibility index (Phi) is 27.6. The zero-order valence-electron chi connectivity index (χ0n) is 11.3. The first-order chi connectivity index (χ1) is 7.40. The van der Waals surface area contributed by atoms with E-state index in [9.17, 15) is 25.9 Å². The van der Waals surface area contributed by atoms with Gasteiger partial charge in [-0.2, -0.15) is 6.42 Å². The van der Waals surface area contributed by atoms with Crippen molar-refractivity contribution in [2.45, 2.75) is 18.1 Å². The van der Waals surface area contributed by atoms with Crippen LogP contribution in [0.5, 0.6) is 0 Å². The molecule has 0 aliphatic heterocycles. The van der Waals surface area contributed by atoms with Crippen LogP contribution in [0.15, 0.2) is 0 Å². The Hall–Kier alpha value is 2.44. The fraction of sp³-hybridized carbons (Fsp3) is 0.800. The van der Waals surface area contributed by atoms with Crippen molar-refractivity contribution >= 4 is 30.8 Å². The molecular weight excluding hydrogens is 369 g/mol. The van der Waals surface area contributed by atoms with Crippen molar-refractivity contribution in [1.29, 1.82) is 0 Å². The topological polar surface area (TPSA) is 166 Å². The summed E-state index contributed by atoms with van der Waals surface area (Å²) in [4.78, 5) is 0. The molecule has 0 aromatic carbocycles. The molecule has 0 N–H and O–H groups in total. The minimum atomic E-state index is -4.55. The van der Waals surface area contributed by atoms with E-state index in [-0.39, 0.29) is 95.1 Å². The van der Waals surface area contributed by atoms with Gasteiger partial charge in [-0.1, -0.05) is 0 Å². The third kappa shape index (κ3) is 28.6. The SMILES string of the molecule is O=S(=O)=O.[CH2-]CC(CCS(=O)(=O)[O-])S(=O)(=O)[O-].[Na+].[Na+].[Na+]. The van der Waals surface area contributed by atoms with Crippen LogP contribution in [0.3, 0.4) is 0 Å². The van der Waals surface area contributed by atoms with E-state index in [2.05, 4.69) is 6.92 Å². The monoisotopic (exact) mass is 378 g/mol. The summed E-state index contributed by atoms with van der Waals surface area (Å²) < 4.78 is 86.8. The van der Waals surface area contributed by atoms with Crippen LogP contribution in [0.25, 0.3) is 0 Å². The van der Waals surface area contributed by atoms with Crippen LogP contribution in [0, 0.1) is 6.92 Å². The van der Waals surface area contributed by atoms with Crippen LogP contribution in [0.1, 0.15) is 12.8 Å². The van der Waals surface area contributed by atoms with E-state index in [1.165, 1.54) is 0 Å². The molecule has 104 valence electrons. The van der Waals surface area contributed by atoms with Gasteiger partial charge in [0.15, 0.2) is 0 Å². The predicted octanol–water partition coefficient (Wildman–Crippen LogP) is -10.9. The molecule has 0 aromatic rings.